The molecule has 0 radical (unpaired) electrons. The molecule has 0 aliphatic heterocycles. The van der Waals surface area contributed by atoms with Gasteiger partial charge in [0.1, 0.15) is 6.10 Å². The van der Waals surface area contributed by atoms with Crippen molar-refractivity contribution in [1.82, 2.24) is 5.48 Å². The van der Waals surface area contributed by atoms with Crippen LogP contribution in [0.5, 0.6) is 0 Å². The van der Waals surface area contributed by atoms with Crippen LogP contribution >= 0.6 is 8.03 Å². The minimum Gasteiger partial charge on any atom is -0.390 e. The topological polar surface area (TPSA) is 108 Å². The number of aliphatic hydroxyl groups excluding tert-OH is 3. The minimum absolute atomic E-state index is 0.0402. The summed E-state index contributed by atoms with van der Waals surface area (Å²) in [5, 5.41) is 29.2. The Bertz CT molecular complexity index is 433. The average Bonchev–Trinajstić information content (AvgIpc) is 2.56. The lowest BCUT2D eigenvalue weighted by molar-refractivity contribution is -0.0787. The molecule has 0 fully saturated rings. The number of aliphatic hydroxyl groups is 3. The molecule has 0 aliphatic rings. The molecule has 0 aromatic heterocycles. The molecule has 7 nitrogen and oxygen atoms in total. The summed E-state index contributed by atoms with van der Waals surface area (Å²) in [5.41, 5.74) is 3.51. The fourth-order valence-corrected chi connectivity index (χ4v) is 2.39. The fraction of sp³-hybridized carbons (Fsp3) is 0.571. The van der Waals surface area contributed by atoms with Crippen LogP contribution in [0.4, 0.5) is 0 Å². The highest BCUT2D eigenvalue weighted by molar-refractivity contribution is 7.39. The Hall–Kier alpha value is -0.920. The lowest BCUT2D eigenvalue weighted by Gasteiger charge is -2.22. The molecule has 0 heterocycles. The first-order valence-corrected chi connectivity index (χ1v) is 8.32. The number of benzene rings is 1. The number of hydrogen-bond acceptors (Lipinski definition) is 7. The number of rotatable bonds is 11. The van der Waals surface area contributed by atoms with Crippen molar-refractivity contribution in [3.63, 3.8) is 0 Å². The first-order chi connectivity index (χ1) is 10.5. The van der Waals surface area contributed by atoms with Gasteiger partial charge in [0.2, 0.25) is 0 Å². The van der Waals surface area contributed by atoms with Crippen LogP contribution in [0.25, 0.3) is 0 Å². The van der Waals surface area contributed by atoms with E-state index >= 15 is 0 Å². The van der Waals surface area contributed by atoms with Crippen molar-refractivity contribution in [2.75, 3.05) is 19.8 Å². The average molecular weight is 332 g/mol. The van der Waals surface area contributed by atoms with E-state index in [1.165, 1.54) is 7.11 Å². The summed E-state index contributed by atoms with van der Waals surface area (Å²) in [5.74, 6) is 0. The maximum Gasteiger partial charge on any atom is 0.507 e. The molecule has 1 aromatic rings. The third-order valence-corrected chi connectivity index (χ3v) is 4.11. The lowest BCUT2D eigenvalue weighted by Crippen LogP contribution is -2.43. The van der Waals surface area contributed by atoms with Gasteiger partial charge < -0.3 is 15.3 Å². The number of hydroxylamine groups is 1. The lowest BCUT2D eigenvalue weighted by atomic mass is 10.1. The first-order valence-electron chi connectivity index (χ1n) is 6.96. The SMILES string of the molecule is CO[P+](=O)CCC(O)C(O)C(O)CNOCc1ccccc1. The zero-order chi connectivity index (χ0) is 16.4. The van der Waals surface area contributed by atoms with Crippen molar-refractivity contribution < 1.29 is 29.2 Å². The summed E-state index contributed by atoms with van der Waals surface area (Å²) >= 11 is 0. The fourth-order valence-electron chi connectivity index (χ4n) is 1.73. The maximum absolute atomic E-state index is 11.1. The largest absolute Gasteiger partial charge is 0.507 e. The van der Waals surface area contributed by atoms with Gasteiger partial charge in [-0.05, 0) is 10.1 Å². The molecule has 0 aliphatic carbocycles. The quantitative estimate of drug-likeness (QED) is 0.266. The summed E-state index contributed by atoms with van der Waals surface area (Å²) in [4.78, 5) is 5.17. The molecule has 1 aromatic carbocycles. The monoisotopic (exact) mass is 332 g/mol. The van der Waals surface area contributed by atoms with E-state index in [4.69, 9.17) is 4.84 Å². The summed E-state index contributed by atoms with van der Waals surface area (Å²) in [6.45, 7) is 0.280. The molecule has 8 heteroatoms. The highest BCUT2D eigenvalue weighted by atomic mass is 31.1. The van der Waals surface area contributed by atoms with Crippen molar-refractivity contribution in [3.8, 4) is 0 Å². The molecule has 0 bridgehead atoms. The van der Waals surface area contributed by atoms with E-state index in [1.807, 2.05) is 30.3 Å². The molecular weight excluding hydrogens is 309 g/mol. The summed E-state index contributed by atoms with van der Waals surface area (Å²) in [6.07, 6.45) is -3.54. The van der Waals surface area contributed by atoms with E-state index < -0.39 is 26.3 Å². The van der Waals surface area contributed by atoms with Crippen LogP contribution in [-0.4, -0.2) is 53.4 Å². The second-order valence-corrected chi connectivity index (χ2v) is 6.25. The first kappa shape index (κ1) is 19.1. The van der Waals surface area contributed by atoms with Gasteiger partial charge in [-0.1, -0.05) is 30.3 Å². The van der Waals surface area contributed by atoms with E-state index in [0.717, 1.165) is 5.56 Å². The van der Waals surface area contributed by atoms with E-state index in [9.17, 15) is 19.9 Å². The van der Waals surface area contributed by atoms with Crippen molar-refractivity contribution in [3.05, 3.63) is 35.9 Å². The number of nitrogens with one attached hydrogen (secondary N) is 1. The molecule has 0 saturated heterocycles. The molecule has 124 valence electrons. The highest BCUT2D eigenvalue weighted by Gasteiger charge is 2.27. The van der Waals surface area contributed by atoms with Gasteiger partial charge >= 0.3 is 8.03 Å². The summed E-state index contributed by atoms with van der Waals surface area (Å²) < 4.78 is 15.7. The second kappa shape index (κ2) is 10.7. The molecule has 0 saturated carbocycles. The Morgan fingerprint density at radius 2 is 1.86 bits per heavy atom. The molecule has 0 spiro atoms. The zero-order valence-corrected chi connectivity index (χ0v) is 13.4. The van der Waals surface area contributed by atoms with Gasteiger partial charge in [0.25, 0.3) is 0 Å². The van der Waals surface area contributed by atoms with Crippen molar-refractivity contribution in [2.24, 2.45) is 0 Å². The van der Waals surface area contributed by atoms with Crippen LogP contribution in [0.3, 0.4) is 0 Å². The van der Waals surface area contributed by atoms with Crippen LogP contribution in [-0.2, 0) is 20.5 Å². The van der Waals surface area contributed by atoms with Gasteiger partial charge in [0, 0.05) is 13.0 Å². The van der Waals surface area contributed by atoms with Gasteiger partial charge in [-0.2, -0.15) is 5.48 Å². The van der Waals surface area contributed by atoms with Crippen LogP contribution in [0, 0.1) is 0 Å². The molecular formula is C14H23NO6P+. The third kappa shape index (κ3) is 7.38. The summed E-state index contributed by atoms with van der Waals surface area (Å²) in [7, 11) is -0.527. The molecule has 1 rings (SSSR count). The van der Waals surface area contributed by atoms with Crippen LogP contribution in [0.15, 0.2) is 30.3 Å². The maximum atomic E-state index is 11.1. The van der Waals surface area contributed by atoms with Gasteiger partial charge in [-0.25, -0.2) is 0 Å². The van der Waals surface area contributed by atoms with Gasteiger partial charge in [0.15, 0.2) is 6.16 Å². The Labute approximate surface area is 130 Å². The summed E-state index contributed by atoms with van der Waals surface area (Å²) in [6, 6.07) is 9.47. The van der Waals surface area contributed by atoms with Crippen molar-refractivity contribution >= 4 is 8.03 Å². The van der Waals surface area contributed by atoms with E-state index in [1.54, 1.807) is 0 Å². The smallest absolute Gasteiger partial charge is 0.390 e. The van der Waals surface area contributed by atoms with Crippen LogP contribution in [0.1, 0.15) is 12.0 Å². The predicted octanol–water partition coefficient (Wildman–Crippen LogP) is 0.569. The Morgan fingerprint density at radius 3 is 2.50 bits per heavy atom. The van der Waals surface area contributed by atoms with E-state index in [0.29, 0.717) is 6.61 Å². The van der Waals surface area contributed by atoms with E-state index in [-0.39, 0.29) is 19.1 Å². The normalized spacial score (nSPS) is 16.1. The number of hydrogen-bond donors (Lipinski definition) is 4. The predicted molar refractivity (Wildman–Crippen MR) is 81.4 cm³/mol. The standard InChI is InChI=1S/C14H23NO6P/c1-20-22(19)8-7-12(16)14(18)13(17)9-15-21-10-11-5-3-2-4-6-11/h2-6,12-18H,7-10H2,1H3/q+1. The minimum atomic E-state index is -1.84. The van der Waals surface area contributed by atoms with Crippen molar-refractivity contribution in [1.29, 1.82) is 0 Å². The van der Waals surface area contributed by atoms with Crippen molar-refractivity contribution in [2.45, 2.75) is 31.3 Å². The third-order valence-electron chi connectivity index (χ3n) is 3.08. The molecule has 22 heavy (non-hydrogen) atoms. The molecule has 4 unspecified atom stereocenters. The molecule has 4 atom stereocenters. The Kier molecular flexibility index (Phi) is 9.34. The van der Waals surface area contributed by atoms with Crippen LogP contribution in [0.2, 0.25) is 0 Å². The van der Waals surface area contributed by atoms with Gasteiger partial charge in [-0.3, -0.25) is 4.84 Å². The van der Waals surface area contributed by atoms with Crippen LogP contribution < -0.4 is 5.48 Å². The van der Waals surface area contributed by atoms with Gasteiger partial charge in [-0.15, -0.1) is 4.52 Å². The second-order valence-electron chi connectivity index (χ2n) is 4.78. The zero-order valence-electron chi connectivity index (χ0n) is 12.5. The highest BCUT2D eigenvalue weighted by Crippen LogP contribution is 2.22. The Morgan fingerprint density at radius 1 is 1.18 bits per heavy atom. The Balaban J connectivity index is 2.20. The van der Waals surface area contributed by atoms with Gasteiger partial charge in [0.05, 0.1) is 25.9 Å². The van der Waals surface area contributed by atoms with E-state index in [2.05, 4.69) is 10.0 Å². The molecule has 0 amide bonds. The molecule has 4 N–H and O–H groups in total.